The van der Waals surface area contributed by atoms with Crippen LogP contribution in [0.5, 0.6) is 0 Å². The highest BCUT2D eigenvalue weighted by Crippen LogP contribution is 2.48. The van der Waals surface area contributed by atoms with Crippen LogP contribution in [-0.2, 0) is 5.41 Å². The van der Waals surface area contributed by atoms with Gasteiger partial charge in [0.25, 0.3) is 0 Å². The monoisotopic (exact) mass is 412 g/mol. The number of hydrogen-bond donors (Lipinski definition) is 1. The largest absolute Gasteiger partial charge is 0.361 e. The van der Waals surface area contributed by atoms with E-state index in [0.29, 0.717) is 5.92 Å². The van der Waals surface area contributed by atoms with Gasteiger partial charge in [-0.2, -0.15) is 5.26 Å². The molecule has 0 unspecified atom stereocenters. The smallest absolute Gasteiger partial charge is 0.141 e. The minimum absolute atomic E-state index is 0.250. The van der Waals surface area contributed by atoms with Crippen LogP contribution >= 0.6 is 0 Å². The molecule has 5 nitrogen and oxygen atoms in total. The molecule has 3 aromatic rings. The third-order valence-corrected chi connectivity index (χ3v) is 6.82. The molecule has 31 heavy (non-hydrogen) atoms. The number of nitriles is 1. The second-order valence-electron chi connectivity index (χ2n) is 9.08. The Balaban J connectivity index is 1.55. The van der Waals surface area contributed by atoms with Gasteiger partial charge in [-0.25, -0.2) is 0 Å². The zero-order chi connectivity index (χ0) is 21.6. The van der Waals surface area contributed by atoms with Crippen LogP contribution in [0.3, 0.4) is 0 Å². The van der Waals surface area contributed by atoms with Crippen LogP contribution in [0, 0.1) is 38.0 Å². The summed E-state index contributed by atoms with van der Waals surface area (Å²) in [6.07, 6.45) is 1.94. The zero-order valence-electron chi connectivity index (χ0n) is 18.4. The summed E-state index contributed by atoms with van der Waals surface area (Å²) in [6.45, 7) is 9.19. The summed E-state index contributed by atoms with van der Waals surface area (Å²) in [6, 6.07) is 17.8. The van der Waals surface area contributed by atoms with Crippen molar-refractivity contribution in [2.75, 3.05) is 24.5 Å². The maximum atomic E-state index is 9.55. The Morgan fingerprint density at radius 1 is 1.13 bits per heavy atom. The molecule has 5 heteroatoms. The summed E-state index contributed by atoms with van der Waals surface area (Å²) >= 11 is 0. The number of aromatic nitrogens is 1. The van der Waals surface area contributed by atoms with E-state index in [9.17, 15) is 5.26 Å². The highest BCUT2D eigenvalue weighted by atomic mass is 16.5. The third kappa shape index (κ3) is 3.51. The SMILES string of the molecule is Cc1ccc(-c2c(C)noc2C)cc1N(CC1CNC1)c1ccc(C2(C#N)CC2)cc1. The Labute approximate surface area is 183 Å². The van der Waals surface area contributed by atoms with E-state index in [0.717, 1.165) is 60.6 Å². The molecule has 1 aliphatic carbocycles. The summed E-state index contributed by atoms with van der Waals surface area (Å²) < 4.78 is 5.42. The van der Waals surface area contributed by atoms with Crippen LogP contribution in [0.2, 0.25) is 0 Å². The molecule has 1 saturated carbocycles. The Morgan fingerprint density at radius 3 is 2.42 bits per heavy atom. The Hall–Kier alpha value is -3.10. The van der Waals surface area contributed by atoms with Gasteiger partial charge in [0.15, 0.2) is 0 Å². The minimum Gasteiger partial charge on any atom is -0.361 e. The molecular formula is C26H28N4O. The van der Waals surface area contributed by atoms with Gasteiger partial charge in [-0.3, -0.25) is 0 Å². The maximum Gasteiger partial charge on any atom is 0.141 e. The lowest BCUT2D eigenvalue weighted by molar-refractivity contribution is 0.356. The fraction of sp³-hybridized carbons (Fsp3) is 0.385. The number of anilines is 2. The molecule has 1 saturated heterocycles. The van der Waals surface area contributed by atoms with Crippen LogP contribution < -0.4 is 10.2 Å². The molecule has 2 fully saturated rings. The fourth-order valence-corrected chi connectivity index (χ4v) is 4.58. The summed E-state index contributed by atoms with van der Waals surface area (Å²) in [5.41, 5.74) is 7.63. The average Bonchev–Trinajstić information content (AvgIpc) is 3.48. The topological polar surface area (TPSA) is 65.1 Å². The predicted molar refractivity (Wildman–Crippen MR) is 122 cm³/mol. The van der Waals surface area contributed by atoms with Gasteiger partial charge in [0.1, 0.15) is 5.76 Å². The van der Waals surface area contributed by atoms with Gasteiger partial charge < -0.3 is 14.7 Å². The van der Waals surface area contributed by atoms with Gasteiger partial charge in [0.2, 0.25) is 0 Å². The summed E-state index contributed by atoms with van der Waals surface area (Å²) in [4.78, 5) is 2.43. The van der Waals surface area contributed by atoms with E-state index < -0.39 is 0 Å². The molecule has 0 amide bonds. The van der Waals surface area contributed by atoms with E-state index in [4.69, 9.17) is 4.52 Å². The second-order valence-corrected chi connectivity index (χ2v) is 9.08. The molecular weight excluding hydrogens is 384 g/mol. The molecule has 0 atom stereocenters. The van der Waals surface area contributed by atoms with Gasteiger partial charge >= 0.3 is 0 Å². The quantitative estimate of drug-likeness (QED) is 0.604. The summed E-state index contributed by atoms with van der Waals surface area (Å²) in [5.74, 6) is 1.47. The lowest BCUT2D eigenvalue weighted by atomic mass is 9.96. The molecule has 0 bridgehead atoms. The van der Waals surface area contributed by atoms with Gasteiger partial charge in [0, 0.05) is 42.5 Å². The molecule has 1 aromatic heterocycles. The van der Waals surface area contributed by atoms with Crippen molar-refractivity contribution in [3.8, 4) is 17.2 Å². The van der Waals surface area contributed by atoms with Gasteiger partial charge in [-0.15, -0.1) is 0 Å². The molecule has 2 aliphatic rings. The number of rotatable bonds is 6. The highest BCUT2D eigenvalue weighted by molar-refractivity contribution is 5.76. The predicted octanol–water partition coefficient (Wildman–Crippen LogP) is 5.18. The van der Waals surface area contributed by atoms with Crippen molar-refractivity contribution in [2.24, 2.45) is 5.92 Å². The molecule has 2 aromatic carbocycles. The maximum absolute atomic E-state index is 9.55. The van der Waals surface area contributed by atoms with Gasteiger partial charge in [-0.1, -0.05) is 29.4 Å². The molecule has 1 aliphatic heterocycles. The lowest BCUT2D eigenvalue weighted by Gasteiger charge is -2.35. The van der Waals surface area contributed by atoms with E-state index >= 15 is 0 Å². The lowest BCUT2D eigenvalue weighted by Crippen LogP contribution is -2.47. The van der Waals surface area contributed by atoms with Crippen molar-refractivity contribution in [3.05, 3.63) is 65.0 Å². The number of hydrogen-bond acceptors (Lipinski definition) is 5. The van der Waals surface area contributed by atoms with Crippen LogP contribution in [0.4, 0.5) is 11.4 Å². The Morgan fingerprint density at radius 2 is 1.87 bits per heavy atom. The fourth-order valence-electron chi connectivity index (χ4n) is 4.58. The van der Waals surface area contributed by atoms with Crippen molar-refractivity contribution in [1.82, 2.24) is 10.5 Å². The summed E-state index contributed by atoms with van der Waals surface area (Å²) in [5, 5.41) is 17.1. The normalized spacial score (nSPS) is 17.1. The first-order valence-corrected chi connectivity index (χ1v) is 11.0. The van der Waals surface area contributed by atoms with Crippen molar-refractivity contribution in [1.29, 1.82) is 5.26 Å². The molecule has 0 spiro atoms. The summed E-state index contributed by atoms with van der Waals surface area (Å²) in [7, 11) is 0. The molecule has 0 radical (unpaired) electrons. The van der Waals surface area contributed by atoms with E-state index in [1.807, 2.05) is 13.8 Å². The zero-order valence-corrected chi connectivity index (χ0v) is 18.4. The van der Waals surface area contributed by atoms with Gasteiger partial charge in [0.05, 0.1) is 17.2 Å². The Bertz CT molecular complexity index is 1130. The van der Waals surface area contributed by atoms with E-state index in [2.05, 4.69) is 70.8 Å². The highest BCUT2D eigenvalue weighted by Gasteiger charge is 2.44. The van der Waals surface area contributed by atoms with E-state index in [-0.39, 0.29) is 5.41 Å². The first-order valence-electron chi connectivity index (χ1n) is 11.0. The van der Waals surface area contributed by atoms with E-state index in [1.165, 1.54) is 16.9 Å². The molecule has 5 rings (SSSR count). The second kappa shape index (κ2) is 7.55. The molecule has 158 valence electrons. The first-order chi connectivity index (χ1) is 15.0. The van der Waals surface area contributed by atoms with E-state index in [1.54, 1.807) is 0 Å². The van der Waals surface area contributed by atoms with Crippen LogP contribution in [0.1, 0.15) is 35.4 Å². The van der Waals surface area contributed by atoms with Crippen LogP contribution in [-0.4, -0.2) is 24.8 Å². The number of benzene rings is 2. The minimum atomic E-state index is -0.250. The number of nitrogens with one attached hydrogen (secondary N) is 1. The van der Waals surface area contributed by atoms with Gasteiger partial charge in [-0.05, 0) is 68.5 Å². The molecule has 2 heterocycles. The van der Waals surface area contributed by atoms with Crippen molar-refractivity contribution in [2.45, 2.75) is 39.0 Å². The Kier molecular flexibility index (Phi) is 4.83. The average molecular weight is 413 g/mol. The first kappa shape index (κ1) is 19.8. The van der Waals surface area contributed by atoms with Crippen molar-refractivity contribution >= 4 is 11.4 Å². The molecule has 1 N–H and O–H groups in total. The standard InChI is InChI=1S/C26H28N4O/c1-17-4-5-21(25-18(2)29-31-19(25)3)12-24(17)30(15-20-13-28-14-20)23-8-6-22(7-9-23)26(16-27)10-11-26/h4-9,12,20,28H,10-11,13-15H2,1-3H3. The number of aryl methyl sites for hydroxylation is 3. The number of nitrogens with zero attached hydrogens (tertiary/aromatic N) is 3. The van der Waals surface area contributed by atoms with Crippen molar-refractivity contribution in [3.63, 3.8) is 0 Å². The van der Waals surface area contributed by atoms with Crippen LogP contribution in [0.25, 0.3) is 11.1 Å². The van der Waals surface area contributed by atoms with Crippen LogP contribution in [0.15, 0.2) is 47.0 Å². The van der Waals surface area contributed by atoms with Crippen molar-refractivity contribution < 1.29 is 4.52 Å². The third-order valence-electron chi connectivity index (χ3n) is 6.82.